The summed E-state index contributed by atoms with van der Waals surface area (Å²) in [5.74, 6) is 0.217. The maximum atomic E-state index is 13.4. The van der Waals surface area contributed by atoms with Gasteiger partial charge in [0.2, 0.25) is 5.91 Å². The maximum Gasteiger partial charge on any atom is 0.230 e. The molecule has 0 bridgehead atoms. The first kappa shape index (κ1) is 23.5. The second-order valence-electron chi connectivity index (χ2n) is 7.68. The van der Waals surface area contributed by atoms with Crippen molar-refractivity contribution < 1.29 is 4.79 Å². The highest BCUT2D eigenvalue weighted by atomic mass is 32.2. The van der Waals surface area contributed by atoms with Crippen LogP contribution in [0.2, 0.25) is 0 Å². The lowest BCUT2D eigenvalue weighted by Gasteiger charge is -2.32. The van der Waals surface area contributed by atoms with Crippen molar-refractivity contribution in [2.45, 2.75) is 76.0 Å². The Morgan fingerprint density at radius 3 is 2.21 bits per heavy atom. The van der Waals surface area contributed by atoms with Gasteiger partial charge in [0.15, 0.2) is 0 Å². The van der Waals surface area contributed by atoms with Crippen molar-refractivity contribution in [1.29, 1.82) is 0 Å². The minimum absolute atomic E-state index is 0.217. The Balaban J connectivity index is 0.00000145. The molecular weight excluding hydrogens is 374 g/mol. The summed E-state index contributed by atoms with van der Waals surface area (Å²) >= 11 is 1.77. The monoisotopic (exact) mass is 411 g/mol. The fraction of sp³-hybridized carbons (Fsp3) is 0.500. The second kappa shape index (κ2) is 12.1. The molecule has 0 saturated heterocycles. The molecule has 158 valence electrons. The van der Waals surface area contributed by atoms with Crippen LogP contribution in [0.5, 0.6) is 0 Å². The minimum Gasteiger partial charge on any atom is -0.355 e. The molecule has 1 amide bonds. The van der Waals surface area contributed by atoms with Gasteiger partial charge in [0, 0.05) is 11.4 Å². The zero-order valence-corrected chi connectivity index (χ0v) is 19.4. The quantitative estimate of drug-likeness (QED) is 0.423. The van der Waals surface area contributed by atoms with Crippen LogP contribution in [-0.2, 0) is 16.6 Å². The summed E-state index contributed by atoms with van der Waals surface area (Å²) in [4.78, 5) is 14.7. The molecule has 1 saturated carbocycles. The van der Waals surface area contributed by atoms with Crippen LogP contribution >= 0.6 is 11.8 Å². The molecule has 2 aromatic carbocycles. The lowest BCUT2D eigenvalue weighted by Crippen LogP contribution is -2.45. The highest BCUT2D eigenvalue weighted by Crippen LogP contribution is 2.38. The van der Waals surface area contributed by atoms with Gasteiger partial charge in [-0.25, -0.2) is 0 Å². The van der Waals surface area contributed by atoms with E-state index in [4.69, 9.17) is 0 Å². The van der Waals surface area contributed by atoms with Crippen LogP contribution in [0, 0.1) is 6.92 Å². The summed E-state index contributed by atoms with van der Waals surface area (Å²) in [6.45, 7) is 6.80. The van der Waals surface area contributed by atoms with Crippen LogP contribution < -0.4 is 5.32 Å². The molecule has 1 N–H and O–H groups in total. The minimum atomic E-state index is -0.358. The van der Waals surface area contributed by atoms with Crippen molar-refractivity contribution in [3.63, 3.8) is 0 Å². The highest BCUT2D eigenvalue weighted by molar-refractivity contribution is 7.98. The second-order valence-corrected chi connectivity index (χ2v) is 8.53. The Morgan fingerprint density at radius 1 is 0.966 bits per heavy atom. The van der Waals surface area contributed by atoms with Gasteiger partial charge in [-0.3, -0.25) is 4.79 Å². The predicted molar refractivity (Wildman–Crippen MR) is 127 cm³/mol. The van der Waals surface area contributed by atoms with E-state index in [1.54, 1.807) is 11.8 Å². The van der Waals surface area contributed by atoms with E-state index in [9.17, 15) is 4.79 Å². The van der Waals surface area contributed by atoms with Crippen LogP contribution in [0.15, 0.2) is 53.4 Å². The third-order valence-electron chi connectivity index (χ3n) is 5.87. The van der Waals surface area contributed by atoms with E-state index in [1.165, 1.54) is 34.4 Å². The van der Waals surface area contributed by atoms with Crippen molar-refractivity contribution in [1.82, 2.24) is 5.32 Å². The van der Waals surface area contributed by atoms with Crippen molar-refractivity contribution in [2.75, 3.05) is 12.8 Å². The fourth-order valence-electron chi connectivity index (χ4n) is 4.24. The molecule has 1 fully saturated rings. The van der Waals surface area contributed by atoms with Crippen molar-refractivity contribution in [2.24, 2.45) is 0 Å². The van der Waals surface area contributed by atoms with E-state index in [0.29, 0.717) is 6.54 Å². The molecule has 0 aliphatic heterocycles. The predicted octanol–water partition coefficient (Wildman–Crippen LogP) is 6.69. The molecular formula is C26H37NOS. The Bertz CT molecular complexity index is 746. The normalized spacial score (nSPS) is 15.6. The number of thioether (sulfide) groups is 1. The maximum absolute atomic E-state index is 13.4. The first-order valence-electron chi connectivity index (χ1n) is 11.1. The van der Waals surface area contributed by atoms with Crippen molar-refractivity contribution in [3.8, 4) is 0 Å². The molecule has 0 atom stereocenters. The van der Waals surface area contributed by atoms with Crippen LogP contribution in [0.4, 0.5) is 0 Å². The SMILES string of the molecule is CC.CSc1ccccc1CCNC(=O)C1(c2ccc(C)cc2)CCCCCC1. The number of nitrogens with one attached hydrogen (secondary N) is 1. The molecule has 1 aliphatic carbocycles. The van der Waals surface area contributed by atoms with Crippen LogP contribution in [0.3, 0.4) is 0 Å². The molecule has 0 heterocycles. The van der Waals surface area contributed by atoms with Gasteiger partial charge < -0.3 is 5.32 Å². The number of carbonyl (C=O) groups is 1. The number of amides is 1. The van der Waals surface area contributed by atoms with Gasteiger partial charge in [-0.15, -0.1) is 11.8 Å². The summed E-state index contributed by atoms with van der Waals surface area (Å²) in [5, 5.41) is 3.29. The summed E-state index contributed by atoms with van der Waals surface area (Å²) in [6, 6.07) is 17.1. The number of rotatable bonds is 6. The molecule has 0 radical (unpaired) electrons. The van der Waals surface area contributed by atoms with E-state index in [-0.39, 0.29) is 11.3 Å². The number of hydrogen-bond acceptors (Lipinski definition) is 2. The Hall–Kier alpha value is -1.74. The molecule has 3 rings (SSSR count). The molecule has 0 spiro atoms. The van der Waals surface area contributed by atoms with Crippen molar-refractivity contribution in [3.05, 3.63) is 65.2 Å². The van der Waals surface area contributed by atoms with E-state index in [0.717, 1.165) is 32.1 Å². The highest BCUT2D eigenvalue weighted by Gasteiger charge is 2.39. The summed E-state index contributed by atoms with van der Waals surface area (Å²) in [5.41, 5.74) is 3.40. The number of hydrogen-bond donors (Lipinski definition) is 1. The molecule has 29 heavy (non-hydrogen) atoms. The van der Waals surface area contributed by atoms with Gasteiger partial charge in [-0.2, -0.15) is 0 Å². The van der Waals surface area contributed by atoms with E-state index in [1.807, 2.05) is 13.8 Å². The average Bonchev–Trinajstić information content (AvgIpc) is 3.03. The van der Waals surface area contributed by atoms with Gasteiger partial charge in [-0.1, -0.05) is 87.6 Å². The Labute approximate surface area is 181 Å². The lowest BCUT2D eigenvalue weighted by molar-refractivity contribution is -0.127. The van der Waals surface area contributed by atoms with Crippen LogP contribution in [-0.4, -0.2) is 18.7 Å². The molecule has 0 aromatic heterocycles. The third-order valence-corrected chi connectivity index (χ3v) is 6.71. The van der Waals surface area contributed by atoms with E-state index >= 15 is 0 Å². The van der Waals surface area contributed by atoms with Gasteiger partial charge in [0.25, 0.3) is 0 Å². The average molecular weight is 412 g/mol. The largest absolute Gasteiger partial charge is 0.355 e. The Kier molecular flexibility index (Phi) is 9.80. The smallest absolute Gasteiger partial charge is 0.230 e. The summed E-state index contributed by atoms with van der Waals surface area (Å²) in [6.07, 6.45) is 9.66. The topological polar surface area (TPSA) is 29.1 Å². The molecule has 2 aromatic rings. The van der Waals surface area contributed by atoms with Crippen LogP contribution in [0.1, 0.15) is 69.1 Å². The fourth-order valence-corrected chi connectivity index (χ4v) is 4.89. The van der Waals surface area contributed by atoms with E-state index in [2.05, 4.69) is 67.0 Å². The zero-order valence-electron chi connectivity index (χ0n) is 18.6. The zero-order chi connectivity index (χ0) is 21.1. The van der Waals surface area contributed by atoms with Gasteiger partial charge in [0.1, 0.15) is 0 Å². The first-order chi connectivity index (χ1) is 14.2. The molecule has 0 unspecified atom stereocenters. The van der Waals surface area contributed by atoms with Crippen LogP contribution in [0.25, 0.3) is 0 Å². The first-order valence-corrected chi connectivity index (χ1v) is 12.4. The third kappa shape index (κ3) is 6.12. The summed E-state index contributed by atoms with van der Waals surface area (Å²) in [7, 11) is 0. The van der Waals surface area contributed by atoms with Gasteiger partial charge in [-0.05, 0) is 49.6 Å². The lowest BCUT2D eigenvalue weighted by atomic mass is 9.73. The standard InChI is InChI=1S/C24H31NOS.C2H6/c1-19-11-13-21(14-12-19)24(16-7-3-4-8-17-24)23(26)25-18-15-20-9-5-6-10-22(20)27-2;1-2/h5-6,9-14H,3-4,7-8,15-18H2,1-2H3,(H,25,26);1-2H3. The Morgan fingerprint density at radius 2 is 1.59 bits per heavy atom. The van der Waals surface area contributed by atoms with Crippen molar-refractivity contribution >= 4 is 17.7 Å². The number of carbonyl (C=O) groups excluding carboxylic acids is 1. The molecule has 1 aliphatic rings. The number of benzene rings is 2. The summed E-state index contributed by atoms with van der Waals surface area (Å²) < 4.78 is 0. The molecule has 2 nitrogen and oxygen atoms in total. The van der Waals surface area contributed by atoms with Gasteiger partial charge in [0.05, 0.1) is 5.41 Å². The van der Waals surface area contributed by atoms with Gasteiger partial charge >= 0.3 is 0 Å². The molecule has 3 heteroatoms. The number of aryl methyl sites for hydroxylation is 1. The van der Waals surface area contributed by atoms with E-state index < -0.39 is 0 Å².